The molecule has 24 heavy (non-hydrogen) atoms. The molecule has 1 aromatic carbocycles. The van der Waals surface area contributed by atoms with Gasteiger partial charge in [0.25, 0.3) is 0 Å². The van der Waals surface area contributed by atoms with E-state index in [1.807, 2.05) is 29.6 Å². The molecule has 0 atom stereocenters. The Labute approximate surface area is 145 Å². The average Bonchev–Trinajstić information content (AvgIpc) is 2.85. The molecular weight excluding hydrogens is 325 g/mol. The van der Waals surface area contributed by atoms with Crippen LogP contribution in [0.2, 0.25) is 5.02 Å². The molecule has 3 aromatic rings. The van der Waals surface area contributed by atoms with Gasteiger partial charge < -0.3 is 0 Å². The fourth-order valence-corrected chi connectivity index (χ4v) is 2.61. The van der Waals surface area contributed by atoms with E-state index in [1.54, 1.807) is 10.7 Å². The van der Waals surface area contributed by atoms with E-state index < -0.39 is 5.82 Å². The molecule has 10 heteroatoms. The van der Waals surface area contributed by atoms with Crippen LogP contribution in [0.15, 0.2) is 24.5 Å². The Balaban J connectivity index is 2.17. The summed E-state index contributed by atoms with van der Waals surface area (Å²) in [5.41, 5.74) is 3.66. The van der Waals surface area contributed by atoms with E-state index in [1.165, 1.54) is 18.5 Å². The predicted octanol–water partition coefficient (Wildman–Crippen LogP) is -2.23. The van der Waals surface area contributed by atoms with Crippen molar-refractivity contribution in [1.82, 2.24) is 19.7 Å². The third-order valence-electron chi connectivity index (χ3n) is 3.96. The van der Waals surface area contributed by atoms with Crippen molar-refractivity contribution in [2.24, 2.45) is 0 Å². The zero-order valence-electron chi connectivity index (χ0n) is 13.3. The quantitative estimate of drug-likeness (QED) is 0.497. The molecule has 0 aliphatic rings. The molecular formula is C14H10B3ClFN5. The fourth-order valence-electron chi connectivity index (χ4n) is 2.39. The SMILES string of the molecule is Bc1nn(-c2cc(-c3cc(C#N)cc(Cl)c3F)ncn2)c(B)c1B. The molecule has 0 spiro atoms. The summed E-state index contributed by atoms with van der Waals surface area (Å²) in [5, 5.41) is 13.4. The highest BCUT2D eigenvalue weighted by Crippen LogP contribution is 2.28. The van der Waals surface area contributed by atoms with Crippen LogP contribution in [0.25, 0.3) is 17.1 Å². The second kappa shape index (κ2) is 6.14. The van der Waals surface area contributed by atoms with Gasteiger partial charge in [-0.05, 0) is 17.7 Å². The van der Waals surface area contributed by atoms with E-state index in [0.717, 1.165) is 16.6 Å². The first-order chi connectivity index (χ1) is 11.4. The fraction of sp³-hybridized carbons (Fsp3) is 0. The van der Waals surface area contributed by atoms with Crippen LogP contribution in [0.5, 0.6) is 0 Å². The minimum Gasteiger partial charge on any atom is -0.236 e. The first kappa shape index (κ1) is 16.3. The third kappa shape index (κ3) is 2.70. The Morgan fingerprint density at radius 3 is 2.54 bits per heavy atom. The van der Waals surface area contributed by atoms with Crippen LogP contribution in [0.4, 0.5) is 4.39 Å². The van der Waals surface area contributed by atoms with E-state index in [-0.39, 0.29) is 16.1 Å². The Morgan fingerprint density at radius 2 is 1.92 bits per heavy atom. The highest BCUT2D eigenvalue weighted by atomic mass is 35.5. The van der Waals surface area contributed by atoms with Crippen molar-refractivity contribution in [3.63, 3.8) is 0 Å². The topological polar surface area (TPSA) is 67.4 Å². The van der Waals surface area contributed by atoms with Crippen LogP contribution in [-0.2, 0) is 0 Å². The molecule has 0 amide bonds. The normalized spacial score (nSPS) is 10.5. The maximum absolute atomic E-state index is 14.4. The number of nitriles is 1. The number of rotatable bonds is 2. The highest BCUT2D eigenvalue weighted by molar-refractivity contribution is 6.56. The molecule has 0 fully saturated rings. The van der Waals surface area contributed by atoms with Gasteiger partial charge in [0, 0.05) is 17.2 Å². The second-order valence-corrected chi connectivity index (χ2v) is 5.81. The lowest BCUT2D eigenvalue weighted by Crippen LogP contribution is -2.35. The number of aromatic nitrogens is 4. The van der Waals surface area contributed by atoms with Crippen LogP contribution >= 0.6 is 11.6 Å². The van der Waals surface area contributed by atoms with E-state index in [4.69, 9.17) is 16.9 Å². The molecule has 0 saturated heterocycles. The summed E-state index contributed by atoms with van der Waals surface area (Å²) in [5.74, 6) is -0.101. The van der Waals surface area contributed by atoms with E-state index in [2.05, 4.69) is 15.1 Å². The molecule has 3 rings (SSSR count). The molecule has 0 unspecified atom stereocenters. The van der Waals surface area contributed by atoms with Gasteiger partial charge in [-0.1, -0.05) is 17.1 Å². The van der Waals surface area contributed by atoms with Gasteiger partial charge >= 0.3 is 0 Å². The Bertz CT molecular complexity index is 999. The first-order valence-corrected chi connectivity index (χ1v) is 7.55. The monoisotopic (exact) mass is 335 g/mol. The van der Waals surface area contributed by atoms with Crippen LogP contribution in [0.3, 0.4) is 0 Å². The minimum atomic E-state index is -0.620. The molecule has 0 bridgehead atoms. The first-order valence-electron chi connectivity index (χ1n) is 7.17. The van der Waals surface area contributed by atoms with Crippen molar-refractivity contribution < 1.29 is 4.39 Å². The third-order valence-corrected chi connectivity index (χ3v) is 4.23. The lowest BCUT2D eigenvalue weighted by Gasteiger charge is -2.08. The van der Waals surface area contributed by atoms with Crippen molar-refractivity contribution >= 4 is 51.8 Å². The molecule has 114 valence electrons. The summed E-state index contributed by atoms with van der Waals surface area (Å²) in [6.07, 6.45) is 1.34. The number of hydrogen-bond acceptors (Lipinski definition) is 4. The van der Waals surface area contributed by atoms with Crippen molar-refractivity contribution in [1.29, 1.82) is 5.26 Å². The largest absolute Gasteiger partial charge is 0.236 e. The molecule has 0 saturated carbocycles. The van der Waals surface area contributed by atoms with Crippen molar-refractivity contribution in [3.8, 4) is 23.1 Å². The van der Waals surface area contributed by atoms with E-state index in [0.29, 0.717) is 11.5 Å². The van der Waals surface area contributed by atoms with Gasteiger partial charge in [-0.15, -0.1) is 0 Å². The number of halogens is 2. The van der Waals surface area contributed by atoms with Crippen LogP contribution in [0, 0.1) is 17.1 Å². The maximum atomic E-state index is 14.4. The van der Waals surface area contributed by atoms with Gasteiger partial charge in [0.2, 0.25) is 0 Å². The van der Waals surface area contributed by atoms with Crippen molar-refractivity contribution in [3.05, 3.63) is 40.9 Å². The summed E-state index contributed by atoms with van der Waals surface area (Å²) in [4.78, 5) is 8.33. The highest BCUT2D eigenvalue weighted by Gasteiger charge is 2.15. The predicted molar refractivity (Wildman–Crippen MR) is 98.8 cm³/mol. The van der Waals surface area contributed by atoms with Gasteiger partial charge in [0.1, 0.15) is 14.2 Å². The van der Waals surface area contributed by atoms with Crippen LogP contribution in [0.1, 0.15) is 5.56 Å². The second-order valence-electron chi connectivity index (χ2n) is 5.40. The van der Waals surface area contributed by atoms with E-state index in [9.17, 15) is 4.39 Å². The molecule has 5 nitrogen and oxygen atoms in total. The average molecular weight is 335 g/mol. The maximum Gasteiger partial charge on any atom is 0.165 e. The lowest BCUT2D eigenvalue weighted by atomic mass is 9.80. The molecule has 0 aliphatic heterocycles. The molecule has 0 radical (unpaired) electrons. The van der Waals surface area contributed by atoms with Gasteiger partial charge in [-0.25, -0.2) is 19.0 Å². The zero-order valence-corrected chi connectivity index (χ0v) is 14.1. The minimum absolute atomic E-state index is 0.119. The van der Waals surface area contributed by atoms with Crippen LogP contribution < -0.4 is 16.6 Å². The Kier molecular flexibility index (Phi) is 4.16. The van der Waals surface area contributed by atoms with Gasteiger partial charge in [0.15, 0.2) is 27.3 Å². The van der Waals surface area contributed by atoms with Gasteiger partial charge in [-0.3, -0.25) is 0 Å². The summed E-state index contributed by atoms with van der Waals surface area (Å²) < 4.78 is 16.0. The van der Waals surface area contributed by atoms with Crippen LogP contribution in [-0.4, -0.2) is 43.3 Å². The van der Waals surface area contributed by atoms with Crippen molar-refractivity contribution in [2.75, 3.05) is 0 Å². The smallest absolute Gasteiger partial charge is 0.165 e. The number of hydrogen-bond donors (Lipinski definition) is 0. The van der Waals surface area contributed by atoms with Crippen molar-refractivity contribution in [2.45, 2.75) is 0 Å². The summed E-state index contributed by atoms with van der Waals surface area (Å²) in [6, 6.07) is 6.28. The van der Waals surface area contributed by atoms with Gasteiger partial charge in [0.05, 0.1) is 22.3 Å². The van der Waals surface area contributed by atoms with E-state index >= 15 is 0 Å². The Morgan fingerprint density at radius 1 is 1.17 bits per heavy atom. The standard InChI is InChI=1S/C14H10B3ClFN5/c15-11-13(16)23-24(14(11)17)10-3-9(21-5-22-10)7-1-6(4-20)2-8(18)12(7)19/h1-3,5H,15-17H2. The summed E-state index contributed by atoms with van der Waals surface area (Å²) in [6.45, 7) is 0. The molecule has 0 aliphatic carbocycles. The van der Waals surface area contributed by atoms with Gasteiger partial charge in [-0.2, -0.15) is 10.4 Å². The Hall–Kier alpha value is -2.59. The molecule has 2 aromatic heterocycles. The molecule has 2 heterocycles. The summed E-state index contributed by atoms with van der Waals surface area (Å²) >= 11 is 5.87. The zero-order chi connectivity index (χ0) is 17.4. The number of benzene rings is 1. The number of nitrogens with zero attached hydrogens (tertiary/aromatic N) is 5. The molecule has 0 N–H and O–H groups in total. The lowest BCUT2D eigenvalue weighted by molar-refractivity contribution is 0.631. The summed E-state index contributed by atoms with van der Waals surface area (Å²) in [7, 11) is 5.83.